The van der Waals surface area contributed by atoms with Gasteiger partial charge in [-0.3, -0.25) is 5.10 Å². The number of rotatable bonds is 3. The van der Waals surface area contributed by atoms with Crippen molar-refractivity contribution in [2.24, 2.45) is 0 Å². The third-order valence-electron chi connectivity index (χ3n) is 2.31. The molecular weight excluding hydrogens is 256 g/mol. The zero-order valence-electron chi connectivity index (χ0n) is 9.95. The molecule has 0 bridgehead atoms. The van der Waals surface area contributed by atoms with E-state index < -0.39 is 23.7 Å². The maximum absolute atomic E-state index is 12.9. The molecule has 2 amide bonds. The zero-order valence-corrected chi connectivity index (χ0v) is 9.95. The summed E-state index contributed by atoms with van der Waals surface area (Å²) < 4.78 is 25.9. The molecule has 0 aliphatic carbocycles. The SMILES string of the molecule is C[C@@H](NC(=O)Nc1cc(F)cc(F)c1)c1ncn[nH]1. The van der Waals surface area contributed by atoms with Gasteiger partial charge in [0.25, 0.3) is 0 Å². The Morgan fingerprint density at radius 1 is 1.32 bits per heavy atom. The number of benzene rings is 1. The lowest BCUT2D eigenvalue weighted by atomic mass is 10.3. The average Bonchev–Trinajstić information content (AvgIpc) is 2.80. The number of amides is 2. The fourth-order valence-electron chi connectivity index (χ4n) is 1.48. The van der Waals surface area contributed by atoms with Crippen molar-refractivity contribution in [2.75, 3.05) is 5.32 Å². The van der Waals surface area contributed by atoms with Gasteiger partial charge in [-0.05, 0) is 19.1 Å². The molecule has 0 unspecified atom stereocenters. The Hall–Kier alpha value is -2.51. The number of nitrogens with zero attached hydrogens (tertiary/aromatic N) is 2. The first-order valence-electron chi connectivity index (χ1n) is 5.43. The molecule has 8 heteroatoms. The third kappa shape index (κ3) is 3.47. The second-order valence-electron chi connectivity index (χ2n) is 3.85. The van der Waals surface area contributed by atoms with Gasteiger partial charge in [0.1, 0.15) is 23.8 Å². The van der Waals surface area contributed by atoms with Gasteiger partial charge in [-0.2, -0.15) is 5.10 Å². The Morgan fingerprint density at radius 3 is 2.58 bits per heavy atom. The van der Waals surface area contributed by atoms with E-state index in [1.807, 2.05) is 0 Å². The monoisotopic (exact) mass is 267 g/mol. The Morgan fingerprint density at radius 2 is 2.00 bits per heavy atom. The van der Waals surface area contributed by atoms with E-state index in [0.717, 1.165) is 18.2 Å². The van der Waals surface area contributed by atoms with Gasteiger partial charge in [-0.1, -0.05) is 0 Å². The molecule has 2 rings (SSSR count). The Balaban J connectivity index is 1.97. The van der Waals surface area contributed by atoms with E-state index in [1.165, 1.54) is 6.33 Å². The molecule has 1 aromatic carbocycles. The van der Waals surface area contributed by atoms with Crippen LogP contribution in [0, 0.1) is 11.6 Å². The predicted octanol–water partition coefficient (Wildman–Crippen LogP) is 1.97. The standard InChI is InChI=1S/C11H11F2N5O/c1-6(10-14-5-15-18-10)16-11(19)17-9-3-7(12)2-8(13)4-9/h2-6H,1H3,(H,14,15,18)(H2,16,17,19)/t6-/m1/s1. The molecule has 1 aromatic heterocycles. The number of hydrogen-bond donors (Lipinski definition) is 3. The molecule has 0 saturated carbocycles. The molecular formula is C11H11F2N5O. The van der Waals surface area contributed by atoms with Crippen LogP contribution in [0.4, 0.5) is 19.3 Å². The van der Waals surface area contributed by atoms with Crippen molar-refractivity contribution in [2.45, 2.75) is 13.0 Å². The minimum atomic E-state index is -0.765. The summed E-state index contributed by atoms with van der Waals surface area (Å²) in [6.45, 7) is 1.69. The average molecular weight is 267 g/mol. The van der Waals surface area contributed by atoms with Crippen LogP contribution in [0.25, 0.3) is 0 Å². The minimum absolute atomic E-state index is 0.0276. The molecule has 0 saturated heterocycles. The van der Waals surface area contributed by atoms with Crippen molar-refractivity contribution in [1.82, 2.24) is 20.5 Å². The van der Waals surface area contributed by atoms with Crippen molar-refractivity contribution < 1.29 is 13.6 Å². The van der Waals surface area contributed by atoms with Gasteiger partial charge in [0.15, 0.2) is 0 Å². The maximum atomic E-state index is 12.9. The summed E-state index contributed by atoms with van der Waals surface area (Å²) in [7, 11) is 0. The van der Waals surface area contributed by atoms with Gasteiger partial charge in [-0.15, -0.1) is 0 Å². The zero-order chi connectivity index (χ0) is 13.8. The summed E-state index contributed by atoms with van der Waals surface area (Å²) in [5, 5.41) is 11.1. The highest BCUT2D eigenvalue weighted by Crippen LogP contribution is 2.13. The van der Waals surface area contributed by atoms with Crippen LogP contribution in [-0.4, -0.2) is 21.2 Å². The van der Waals surface area contributed by atoms with Crippen molar-refractivity contribution in [3.63, 3.8) is 0 Å². The van der Waals surface area contributed by atoms with Crippen LogP contribution in [0.1, 0.15) is 18.8 Å². The normalized spacial score (nSPS) is 11.9. The van der Waals surface area contributed by atoms with Crippen molar-refractivity contribution >= 4 is 11.7 Å². The van der Waals surface area contributed by atoms with Crippen LogP contribution >= 0.6 is 0 Å². The Kier molecular flexibility index (Phi) is 3.69. The number of carbonyl (C=O) groups is 1. The molecule has 1 heterocycles. The van der Waals surface area contributed by atoms with Crippen LogP contribution in [0.2, 0.25) is 0 Å². The molecule has 3 N–H and O–H groups in total. The quantitative estimate of drug-likeness (QED) is 0.795. The van der Waals surface area contributed by atoms with E-state index in [1.54, 1.807) is 6.92 Å². The van der Waals surface area contributed by atoms with E-state index in [9.17, 15) is 13.6 Å². The van der Waals surface area contributed by atoms with E-state index >= 15 is 0 Å². The van der Waals surface area contributed by atoms with Crippen molar-refractivity contribution in [3.05, 3.63) is 42.0 Å². The molecule has 19 heavy (non-hydrogen) atoms. The van der Waals surface area contributed by atoms with E-state index in [2.05, 4.69) is 25.8 Å². The lowest BCUT2D eigenvalue weighted by Crippen LogP contribution is -2.31. The van der Waals surface area contributed by atoms with E-state index in [-0.39, 0.29) is 5.69 Å². The first-order chi connectivity index (χ1) is 9.04. The number of urea groups is 1. The fraction of sp³-hybridized carbons (Fsp3) is 0.182. The Bertz CT molecular complexity index is 552. The summed E-state index contributed by atoms with van der Waals surface area (Å²) in [6, 6.07) is 1.74. The second kappa shape index (κ2) is 5.42. The van der Waals surface area contributed by atoms with Gasteiger partial charge >= 0.3 is 6.03 Å². The first kappa shape index (κ1) is 12.9. The molecule has 0 aliphatic heterocycles. The van der Waals surface area contributed by atoms with Crippen LogP contribution < -0.4 is 10.6 Å². The van der Waals surface area contributed by atoms with Crippen LogP contribution in [0.15, 0.2) is 24.5 Å². The largest absolute Gasteiger partial charge is 0.328 e. The number of H-pyrrole nitrogens is 1. The molecule has 0 fully saturated rings. The summed E-state index contributed by atoms with van der Waals surface area (Å²) in [5.74, 6) is -1.06. The number of halogens is 2. The summed E-state index contributed by atoms with van der Waals surface area (Å²) in [6.07, 6.45) is 1.31. The lowest BCUT2D eigenvalue weighted by molar-refractivity contribution is 0.249. The first-order valence-corrected chi connectivity index (χ1v) is 5.43. The highest BCUT2D eigenvalue weighted by Gasteiger charge is 2.12. The second-order valence-corrected chi connectivity index (χ2v) is 3.85. The van der Waals surface area contributed by atoms with E-state index in [4.69, 9.17) is 0 Å². The number of carbonyl (C=O) groups excluding carboxylic acids is 1. The topological polar surface area (TPSA) is 82.7 Å². The summed E-state index contributed by atoms with van der Waals surface area (Å²) >= 11 is 0. The van der Waals surface area contributed by atoms with Gasteiger partial charge in [0.2, 0.25) is 0 Å². The van der Waals surface area contributed by atoms with Gasteiger partial charge in [0.05, 0.1) is 6.04 Å². The van der Waals surface area contributed by atoms with Crippen LogP contribution in [0.5, 0.6) is 0 Å². The smallest absolute Gasteiger partial charge is 0.319 e. The molecule has 100 valence electrons. The fourth-order valence-corrected chi connectivity index (χ4v) is 1.48. The number of nitrogens with one attached hydrogen (secondary N) is 3. The number of anilines is 1. The molecule has 0 aliphatic rings. The summed E-state index contributed by atoms with van der Waals surface area (Å²) in [5.41, 5.74) is 0.0276. The van der Waals surface area contributed by atoms with Gasteiger partial charge in [0, 0.05) is 11.8 Å². The van der Waals surface area contributed by atoms with Gasteiger partial charge < -0.3 is 10.6 Å². The molecule has 6 nitrogen and oxygen atoms in total. The number of hydrogen-bond acceptors (Lipinski definition) is 3. The van der Waals surface area contributed by atoms with Crippen LogP contribution in [-0.2, 0) is 0 Å². The minimum Gasteiger partial charge on any atom is -0.328 e. The van der Waals surface area contributed by atoms with Crippen molar-refractivity contribution in [1.29, 1.82) is 0 Å². The number of aromatic nitrogens is 3. The predicted molar refractivity (Wildman–Crippen MR) is 63.3 cm³/mol. The van der Waals surface area contributed by atoms with E-state index in [0.29, 0.717) is 5.82 Å². The van der Waals surface area contributed by atoms with Crippen molar-refractivity contribution in [3.8, 4) is 0 Å². The number of aromatic amines is 1. The van der Waals surface area contributed by atoms with Gasteiger partial charge in [-0.25, -0.2) is 18.6 Å². The Labute approximate surface area is 107 Å². The molecule has 0 radical (unpaired) electrons. The molecule has 0 spiro atoms. The van der Waals surface area contributed by atoms with Crippen LogP contribution in [0.3, 0.4) is 0 Å². The molecule has 1 atom stereocenters. The molecule has 2 aromatic rings. The third-order valence-corrected chi connectivity index (χ3v) is 2.31. The summed E-state index contributed by atoms with van der Waals surface area (Å²) in [4.78, 5) is 15.5. The highest BCUT2D eigenvalue weighted by molar-refractivity contribution is 5.89. The lowest BCUT2D eigenvalue weighted by Gasteiger charge is -2.12. The highest BCUT2D eigenvalue weighted by atomic mass is 19.1. The maximum Gasteiger partial charge on any atom is 0.319 e.